The molecule has 0 heterocycles. The van der Waals surface area contributed by atoms with E-state index in [4.69, 9.17) is 5.11 Å². The number of hydrogen-bond acceptors (Lipinski definition) is 2. The Kier molecular flexibility index (Phi) is 8.18. The van der Waals surface area contributed by atoms with Gasteiger partial charge >= 0.3 is 5.97 Å². The van der Waals surface area contributed by atoms with Crippen LogP contribution in [0.25, 0.3) is 6.08 Å². The summed E-state index contributed by atoms with van der Waals surface area (Å²) in [6.45, 7) is 9.91. The number of aryl methyl sites for hydroxylation is 1. The van der Waals surface area contributed by atoms with Gasteiger partial charge in [-0.25, -0.2) is 4.79 Å². The molecular weight excluding hydrogens is 310 g/mol. The van der Waals surface area contributed by atoms with E-state index in [1.807, 2.05) is 31.2 Å². The van der Waals surface area contributed by atoms with Crippen molar-refractivity contribution in [1.82, 2.24) is 4.90 Å². The zero-order valence-corrected chi connectivity index (χ0v) is 16.0. The van der Waals surface area contributed by atoms with Crippen molar-refractivity contribution in [2.75, 3.05) is 20.1 Å². The van der Waals surface area contributed by atoms with Crippen molar-refractivity contribution < 1.29 is 9.90 Å². The molecule has 0 saturated carbocycles. The molecule has 1 aromatic carbocycles. The maximum Gasteiger partial charge on any atom is 0.335 e. The molecule has 1 aromatic rings. The minimum atomic E-state index is -0.867. The number of carbonyl (C=O) groups is 1. The molecule has 0 radical (unpaired) electrons. The van der Waals surface area contributed by atoms with Gasteiger partial charge in [0.15, 0.2) is 0 Å². The average Bonchev–Trinajstić information content (AvgIpc) is 2.53. The van der Waals surface area contributed by atoms with E-state index in [-0.39, 0.29) is 5.41 Å². The lowest BCUT2D eigenvalue weighted by Gasteiger charge is -2.10. The smallest absolute Gasteiger partial charge is 0.335 e. The standard InChI is InChI=1S/C22H29NO2/c1-6-19-17-18(12-13-20(19)21(24)25)11-10-16-23(5)15-9-7-8-14-22(2,3)4/h7,9-13,17H,6,15-16H2,1-5H3,(H,24,25). The summed E-state index contributed by atoms with van der Waals surface area (Å²) in [6, 6.07) is 5.48. The summed E-state index contributed by atoms with van der Waals surface area (Å²) in [5.41, 5.74) is 2.32. The molecule has 0 aliphatic heterocycles. The first-order valence-electron chi connectivity index (χ1n) is 8.62. The first kappa shape index (κ1) is 20.7. The van der Waals surface area contributed by atoms with Gasteiger partial charge in [-0.15, -0.1) is 0 Å². The van der Waals surface area contributed by atoms with E-state index in [9.17, 15) is 4.79 Å². The Hall–Kier alpha value is -2.31. The topological polar surface area (TPSA) is 40.5 Å². The number of rotatable bonds is 7. The van der Waals surface area contributed by atoms with Crippen LogP contribution in [0.2, 0.25) is 0 Å². The number of hydrogen-bond donors (Lipinski definition) is 1. The average molecular weight is 339 g/mol. The molecule has 0 amide bonds. The largest absolute Gasteiger partial charge is 0.478 e. The van der Waals surface area contributed by atoms with Crippen LogP contribution in [0.5, 0.6) is 0 Å². The van der Waals surface area contributed by atoms with E-state index >= 15 is 0 Å². The fraction of sp³-hybridized carbons (Fsp3) is 0.409. The highest BCUT2D eigenvalue weighted by atomic mass is 16.4. The van der Waals surface area contributed by atoms with Crippen molar-refractivity contribution in [2.45, 2.75) is 34.1 Å². The van der Waals surface area contributed by atoms with Crippen LogP contribution in [-0.2, 0) is 6.42 Å². The molecule has 0 bridgehead atoms. The first-order chi connectivity index (χ1) is 11.7. The molecule has 25 heavy (non-hydrogen) atoms. The van der Waals surface area contributed by atoms with Gasteiger partial charge in [-0.05, 0) is 57.5 Å². The van der Waals surface area contributed by atoms with E-state index < -0.39 is 5.97 Å². The van der Waals surface area contributed by atoms with Crippen LogP contribution in [0.4, 0.5) is 0 Å². The van der Waals surface area contributed by atoms with Gasteiger partial charge < -0.3 is 5.11 Å². The molecule has 1 N–H and O–H groups in total. The van der Waals surface area contributed by atoms with Crippen molar-refractivity contribution >= 4 is 12.0 Å². The third kappa shape index (κ3) is 8.37. The number of nitrogens with zero attached hydrogens (tertiary/aromatic N) is 1. The van der Waals surface area contributed by atoms with Crippen molar-refractivity contribution in [3.63, 3.8) is 0 Å². The number of carboxylic acids is 1. The van der Waals surface area contributed by atoms with E-state index in [2.05, 4.69) is 56.7 Å². The van der Waals surface area contributed by atoms with Crippen molar-refractivity contribution in [2.24, 2.45) is 5.41 Å². The summed E-state index contributed by atoms with van der Waals surface area (Å²) < 4.78 is 0. The van der Waals surface area contributed by atoms with Crippen LogP contribution in [0.15, 0.2) is 36.4 Å². The number of aromatic carboxylic acids is 1. The Morgan fingerprint density at radius 1 is 1.24 bits per heavy atom. The molecule has 0 saturated heterocycles. The van der Waals surface area contributed by atoms with Crippen molar-refractivity contribution in [3.8, 4) is 11.8 Å². The minimum absolute atomic E-state index is 0.0342. The summed E-state index contributed by atoms with van der Waals surface area (Å²) in [5.74, 6) is 5.37. The van der Waals surface area contributed by atoms with Gasteiger partial charge in [-0.2, -0.15) is 0 Å². The second kappa shape index (κ2) is 9.86. The first-order valence-corrected chi connectivity index (χ1v) is 8.62. The summed E-state index contributed by atoms with van der Waals surface area (Å²) in [6.07, 6.45) is 8.80. The van der Waals surface area contributed by atoms with E-state index in [1.165, 1.54) is 0 Å². The molecule has 0 aliphatic carbocycles. The zero-order chi connectivity index (χ0) is 18.9. The Morgan fingerprint density at radius 3 is 2.52 bits per heavy atom. The third-order valence-corrected chi connectivity index (χ3v) is 3.53. The van der Waals surface area contributed by atoms with Crippen LogP contribution in [0, 0.1) is 17.3 Å². The SMILES string of the molecule is CCc1cc(C=CCN(C)CC=CC#CC(C)(C)C)ccc1C(=O)O. The molecule has 134 valence electrons. The predicted octanol–water partition coefficient (Wildman–Crippen LogP) is 4.50. The Balaban J connectivity index is 2.55. The van der Waals surface area contributed by atoms with Gasteiger partial charge in [0, 0.05) is 18.5 Å². The van der Waals surface area contributed by atoms with Gasteiger partial charge in [-0.3, -0.25) is 4.90 Å². The van der Waals surface area contributed by atoms with Crippen LogP contribution < -0.4 is 0 Å². The summed E-state index contributed by atoms with van der Waals surface area (Å²) in [7, 11) is 2.05. The number of benzene rings is 1. The Labute approximate surface area is 152 Å². The molecule has 0 unspecified atom stereocenters. The molecule has 0 fully saturated rings. The molecule has 3 nitrogen and oxygen atoms in total. The van der Waals surface area contributed by atoms with Crippen LogP contribution >= 0.6 is 0 Å². The number of allylic oxidation sites excluding steroid dienone is 1. The van der Waals surface area contributed by atoms with E-state index in [0.29, 0.717) is 12.0 Å². The van der Waals surface area contributed by atoms with Crippen molar-refractivity contribution in [1.29, 1.82) is 0 Å². The molecule has 0 spiro atoms. The molecular formula is C22H29NO2. The van der Waals surface area contributed by atoms with Crippen LogP contribution in [0.3, 0.4) is 0 Å². The summed E-state index contributed by atoms with van der Waals surface area (Å²) in [4.78, 5) is 13.3. The Morgan fingerprint density at radius 2 is 1.92 bits per heavy atom. The fourth-order valence-corrected chi connectivity index (χ4v) is 2.21. The second-order valence-electron chi connectivity index (χ2n) is 7.12. The maximum absolute atomic E-state index is 11.2. The number of likely N-dealkylation sites (N-methyl/N-ethyl adjacent to an activating group) is 1. The fourth-order valence-electron chi connectivity index (χ4n) is 2.21. The molecule has 0 atom stereocenters. The zero-order valence-electron chi connectivity index (χ0n) is 16.0. The molecule has 3 heteroatoms. The highest BCUT2D eigenvalue weighted by Crippen LogP contribution is 2.14. The van der Waals surface area contributed by atoms with Gasteiger partial charge in [0.25, 0.3) is 0 Å². The lowest BCUT2D eigenvalue weighted by atomic mass is 9.98. The minimum Gasteiger partial charge on any atom is -0.478 e. The highest BCUT2D eigenvalue weighted by molar-refractivity contribution is 5.89. The van der Waals surface area contributed by atoms with Crippen LogP contribution in [0.1, 0.15) is 49.2 Å². The summed E-state index contributed by atoms with van der Waals surface area (Å²) in [5, 5.41) is 9.16. The maximum atomic E-state index is 11.2. The molecule has 0 aliphatic rings. The number of carboxylic acid groups (broad SMARTS) is 1. The lowest BCUT2D eigenvalue weighted by molar-refractivity contribution is 0.0695. The Bertz CT molecular complexity index is 697. The predicted molar refractivity (Wildman–Crippen MR) is 106 cm³/mol. The normalized spacial score (nSPS) is 11.9. The second-order valence-corrected chi connectivity index (χ2v) is 7.12. The quantitative estimate of drug-likeness (QED) is 0.744. The molecule has 1 rings (SSSR count). The van der Waals surface area contributed by atoms with E-state index in [0.717, 1.165) is 24.2 Å². The third-order valence-electron chi connectivity index (χ3n) is 3.53. The summed E-state index contributed by atoms with van der Waals surface area (Å²) >= 11 is 0. The van der Waals surface area contributed by atoms with Crippen molar-refractivity contribution in [3.05, 3.63) is 53.1 Å². The highest BCUT2D eigenvalue weighted by Gasteiger charge is 2.08. The van der Waals surface area contributed by atoms with Gasteiger partial charge in [0.05, 0.1) is 5.56 Å². The van der Waals surface area contributed by atoms with Gasteiger partial charge in [0.1, 0.15) is 0 Å². The molecule has 0 aromatic heterocycles. The van der Waals surface area contributed by atoms with Crippen LogP contribution in [-0.4, -0.2) is 36.1 Å². The van der Waals surface area contributed by atoms with E-state index in [1.54, 1.807) is 6.07 Å². The monoisotopic (exact) mass is 339 g/mol. The van der Waals surface area contributed by atoms with Gasteiger partial charge in [0.2, 0.25) is 0 Å². The lowest BCUT2D eigenvalue weighted by Crippen LogP contribution is -2.17. The van der Waals surface area contributed by atoms with Gasteiger partial charge in [-0.1, -0.05) is 49.1 Å².